The summed E-state index contributed by atoms with van der Waals surface area (Å²) in [6.07, 6.45) is 0. The van der Waals surface area contributed by atoms with E-state index in [0.717, 1.165) is 0 Å². The van der Waals surface area contributed by atoms with Crippen LogP contribution in [0.3, 0.4) is 0 Å². The Morgan fingerprint density at radius 3 is 1.14 bits per heavy atom. The van der Waals surface area contributed by atoms with Crippen LogP contribution in [0.25, 0.3) is 0 Å². The van der Waals surface area contributed by atoms with E-state index in [0.29, 0.717) is 0 Å². The van der Waals surface area contributed by atoms with Crippen LogP contribution in [0.2, 0.25) is 0 Å². The van der Waals surface area contributed by atoms with Gasteiger partial charge in [0, 0.05) is 0 Å². The summed E-state index contributed by atoms with van der Waals surface area (Å²) in [4.78, 5) is 2.00. The zero-order valence-corrected chi connectivity index (χ0v) is 5.76. The van der Waals surface area contributed by atoms with Gasteiger partial charge in [-0.1, -0.05) is 0 Å². The first-order valence-electron chi connectivity index (χ1n) is 1.75. The van der Waals surface area contributed by atoms with E-state index in [9.17, 15) is 0 Å². The highest BCUT2D eigenvalue weighted by Crippen LogP contribution is 1.47. The Morgan fingerprint density at radius 1 is 1.14 bits per heavy atom. The van der Waals surface area contributed by atoms with E-state index in [1.807, 2.05) is 26.0 Å². The molecule has 0 radical (unpaired) electrons. The number of nitrogens with zero attached hydrogens (tertiary/aromatic N) is 1. The fraction of sp³-hybridized carbons (Fsp3) is 1.00. The highest BCUT2D eigenvalue weighted by atomic mass is 28.2. The van der Waals surface area contributed by atoms with E-state index in [4.69, 9.17) is 8.92 Å². The van der Waals surface area contributed by atoms with Gasteiger partial charge in [-0.15, -0.1) is 0 Å². The molecular weight excluding hydrogens is 110 g/mol. The van der Waals surface area contributed by atoms with Gasteiger partial charge in [-0.3, -0.25) is 8.92 Å². The van der Waals surface area contributed by atoms with Crippen LogP contribution in [0.5, 0.6) is 0 Å². The third-order valence-electron chi connectivity index (χ3n) is 0. The van der Waals surface area contributed by atoms with Crippen LogP contribution in [0, 0.1) is 0 Å². The smallest absolute Gasteiger partial charge is 0.312 e. The average molecular weight is 119 g/mol. The fourth-order valence-corrected chi connectivity index (χ4v) is 0. The van der Waals surface area contributed by atoms with Gasteiger partial charge >= 0.3 is 9.29 Å². The summed E-state index contributed by atoms with van der Waals surface area (Å²) in [5.74, 6) is 0. The normalized spacial score (nSPS) is 6.29. The molecule has 0 aliphatic rings. The van der Waals surface area contributed by atoms with Crippen LogP contribution in [0.4, 0.5) is 0 Å². The lowest BCUT2D eigenvalue weighted by atomic mass is 11.0. The van der Waals surface area contributed by atoms with E-state index in [1.165, 1.54) is 0 Å². The number of hydrogen-bond acceptors (Lipinski definition) is 3. The lowest BCUT2D eigenvalue weighted by Crippen LogP contribution is -1.99. The molecule has 0 aromatic heterocycles. The molecule has 4 heteroatoms. The third kappa shape index (κ3) is 1660. The molecule has 0 aromatic rings. The molecule has 3 nitrogen and oxygen atoms in total. The Hall–Kier alpha value is -0.223. The summed E-state index contributed by atoms with van der Waals surface area (Å²) in [5.41, 5.74) is 0. The molecule has 42 valence electrons. The largest absolute Gasteiger partial charge is 0.549 e. The molecule has 0 rings (SSSR count). The van der Waals surface area contributed by atoms with Gasteiger partial charge in [0.15, 0.2) is 0 Å². The Kier molecular flexibility index (Phi) is 13.1. The Bertz CT molecular complexity index is 55.2. The summed E-state index contributed by atoms with van der Waals surface area (Å²) < 4.78 is 16.8. The summed E-state index contributed by atoms with van der Waals surface area (Å²) in [6, 6.07) is 0. The minimum Gasteiger partial charge on any atom is -0.312 e. The van der Waals surface area contributed by atoms with E-state index >= 15 is 0 Å². The Labute approximate surface area is 45.3 Å². The van der Waals surface area contributed by atoms with Crippen LogP contribution in [0.1, 0.15) is 0 Å². The van der Waals surface area contributed by atoms with Crippen molar-refractivity contribution in [2.24, 2.45) is 0 Å². The molecule has 0 bridgehead atoms. The monoisotopic (exact) mass is 119 g/mol. The zero-order chi connectivity index (χ0) is 6.28. The molecule has 0 unspecified atom stereocenters. The first kappa shape index (κ1) is 9.91. The lowest BCUT2D eigenvalue weighted by Gasteiger charge is -1.90. The molecule has 0 N–H and O–H groups in total. The molecule has 0 aromatic carbocycles. The van der Waals surface area contributed by atoms with Crippen molar-refractivity contribution in [1.29, 1.82) is 0 Å². The molecule has 0 fully saturated rings. The zero-order valence-electron chi connectivity index (χ0n) is 4.76. The standard InChI is InChI=1S/C3H9N.O2Si/c1-4(2)3;1-3-2/h1-3H3;. The van der Waals surface area contributed by atoms with Gasteiger partial charge < -0.3 is 4.90 Å². The predicted octanol–water partition coefficient (Wildman–Crippen LogP) is -0.441. The maximum atomic E-state index is 8.40. The number of hydrogen-bond donors (Lipinski definition) is 0. The summed E-state index contributed by atoms with van der Waals surface area (Å²) in [5, 5.41) is 0. The van der Waals surface area contributed by atoms with Crippen molar-refractivity contribution in [2.75, 3.05) is 21.1 Å². The molecular formula is C3H9NO2Si. The van der Waals surface area contributed by atoms with E-state index in [-0.39, 0.29) is 0 Å². The molecule has 7 heavy (non-hydrogen) atoms. The van der Waals surface area contributed by atoms with Crippen molar-refractivity contribution in [3.8, 4) is 0 Å². The minimum atomic E-state index is -1.42. The van der Waals surface area contributed by atoms with E-state index < -0.39 is 9.29 Å². The second-order valence-electron chi connectivity index (χ2n) is 1.42. The quantitative estimate of drug-likeness (QED) is 0.406. The van der Waals surface area contributed by atoms with Crippen LogP contribution < -0.4 is 0 Å². The maximum absolute atomic E-state index is 8.40. The van der Waals surface area contributed by atoms with Gasteiger partial charge in [-0.25, -0.2) is 0 Å². The Morgan fingerprint density at radius 2 is 1.14 bits per heavy atom. The molecule has 0 atom stereocenters. The Balaban J connectivity index is 0. The van der Waals surface area contributed by atoms with Crippen molar-refractivity contribution >= 4 is 9.29 Å². The van der Waals surface area contributed by atoms with Crippen LogP contribution in [-0.2, 0) is 8.92 Å². The SMILES string of the molecule is CN(C)C.O=[Si]=O. The van der Waals surface area contributed by atoms with Gasteiger partial charge in [-0.05, 0) is 21.1 Å². The van der Waals surface area contributed by atoms with Gasteiger partial charge in [0.25, 0.3) is 0 Å². The summed E-state index contributed by atoms with van der Waals surface area (Å²) in [6.45, 7) is 0. The van der Waals surface area contributed by atoms with Gasteiger partial charge in [0.2, 0.25) is 0 Å². The molecule has 0 heterocycles. The van der Waals surface area contributed by atoms with Crippen molar-refractivity contribution < 1.29 is 8.92 Å². The molecule has 0 amide bonds. The summed E-state index contributed by atoms with van der Waals surface area (Å²) in [7, 11) is 4.58. The highest BCUT2D eigenvalue weighted by molar-refractivity contribution is 5.94. The molecule has 0 aliphatic heterocycles. The first-order chi connectivity index (χ1) is 3.15. The fourth-order valence-electron chi connectivity index (χ4n) is 0. The van der Waals surface area contributed by atoms with Crippen molar-refractivity contribution in [3.63, 3.8) is 0 Å². The molecule has 0 aliphatic carbocycles. The molecule has 0 saturated carbocycles. The topological polar surface area (TPSA) is 37.4 Å². The van der Waals surface area contributed by atoms with Crippen molar-refractivity contribution in [2.45, 2.75) is 0 Å². The maximum Gasteiger partial charge on any atom is 0.549 e. The van der Waals surface area contributed by atoms with Gasteiger partial charge in [-0.2, -0.15) is 0 Å². The number of rotatable bonds is 0. The third-order valence-corrected chi connectivity index (χ3v) is 0. The minimum absolute atomic E-state index is 1.42. The second kappa shape index (κ2) is 9.24. The summed E-state index contributed by atoms with van der Waals surface area (Å²) >= 11 is 0. The van der Waals surface area contributed by atoms with Crippen molar-refractivity contribution in [1.82, 2.24) is 4.90 Å². The molecule has 0 saturated heterocycles. The molecule has 0 spiro atoms. The van der Waals surface area contributed by atoms with Crippen LogP contribution >= 0.6 is 0 Å². The average Bonchev–Trinajstić information content (AvgIpc) is 1.33. The van der Waals surface area contributed by atoms with Crippen molar-refractivity contribution in [3.05, 3.63) is 0 Å². The first-order valence-corrected chi connectivity index (χ1v) is 2.57. The van der Waals surface area contributed by atoms with E-state index in [1.54, 1.807) is 0 Å². The van der Waals surface area contributed by atoms with Gasteiger partial charge in [0.05, 0.1) is 0 Å². The van der Waals surface area contributed by atoms with E-state index in [2.05, 4.69) is 0 Å². The lowest BCUT2D eigenvalue weighted by molar-refractivity contribution is 0.497. The van der Waals surface area contributed by atoms with Crippen LogP contribution in [-0.4, -0.2) is 35.3 Å². The predicted molar refractivity (Wildman–Crippen MR) is 26.7 cm³/mol. The second-order valence-corrected chi connectivity index (χ2v) is 1.59. The van der Waals surface area contributed by atoms with Gasteiger partial charge in [0.1, 0.15) is 0 Å². The van der Waals surface area contributed by atoms with Crippen LogP contribution in [0.15, 0.2) is 0 Å². The highest BCUT2D eigenvalue weighted by Gasteiger charge is 1.58.